The fourth-order valence-electron chi connectivity index (χ4n) is 2.31. The van der Waals surface area contributed by atoms with Crippen molar-refractivity contribution in [3.05, 3.63) is 54.1 Å². The van der Waals surface area contributed by atoms with Crippen molar-refractivity contribution < 1.29 is 0 Å². The van der Waals surface area contributed by atoms with Crippen molar-refractivity contribution in [2.24, 2.45) is 7.05 Å². The van der Waals surface area contributed by atoms with E-state index in [-0.39, 0.29) is 0 Å². The predicted molar refractivity (Wildman–Crippen MR) is 75.2 cm³/mol. The van der Waals surface area contributed by atoms with Crippen LogP contribution in [0.5, 0.6) is 0 Å². The average molecular weight is 252 g/mol. The fourth-order valence-corrected chi connectivity index (χ4v) is 2.31. The summed E-state index contributed by atoms with van der Waals surface area (Å²) in [7, 11) is 2.00. The molecule has 4 heteroatoms. The predicted octanol–water partition coefficient (Wildman–Crippen LogP) is 2.89. The molecule has 96 valence electrons. The number of hydrogen-bond acceptors (Lipinski definition) is 2. The Kier molecular flexibility index (Phi) is 2.71. The van der Waals surface area contributed by atoms with Gasteiger partial charge in [0.15, 0.2) is 0 Å². The third-order valence-electron chi connectivity index (χ3n) is 3.18. The van der Waals surface area contributed by atoms with Crippen molar-refractivity contribution in [3.63, 3.8) is 0 Å². The highest BCUT2D eigenvalue weighted by molar-refractivity contribution is 5.59. The van der Waals surface area contributed by atoms with Gasteiger partial charge in [0.25, 0.3) is 0 Å². The molecule has 0 aliphatic rings. The first-order chi connectivity index (χ1) is 9.15. The molecule has 0 bridgehead atoms. The van der Waals surface area contributed by atoms with E-state index in [9.17, 15) is 0 Å². The molecule has 0 unspecified atom stereocenters. The SMILES string of the molecule is Cc1cc(C)n(-c2cccc(-c3nccn3C)c2)n1. The summed E-state index contributed by atoms with van der Waals surface area (Å²) in [6, 6.07) is 10.4. The van der Waals surface area contributed by atoms with Crippen LogP contribution in [0.15, 0.2) is 42.7 Å². The second kappa shape index (κ2) is 4.39. The average Bonchev–Trinajstić information content (AvgIpc) is 2.95. The normalized spacial score (nSPS) is 10.9. The number of imidazole rings is 1. The van der Waals surface area contributed by atoms with Gasteiger partial charge in [0.05, 0.1) is 11.4 Å². The first-order valence-electron chi connectivity index (χ1n) is 6.26. The maximum absolute atomic E-state index is 4.51. The Hall–Kier alpha value is -2.36. The molecule has 19 heavy (non-hydrogen) atoms. The van der Waals surface area contributed by atoms with Gasteiger partial charge in [-0.3, -0.25) is 0 Å². The second-order valence-electron chi connectivity index (χ2n) is 4.75. The lowest BCUT2D eigenvalue weighted by Gasteiger charge is -2.07. The first-order valence-corrected chi connectivity index (χ1v) is 6.26. The van der Waals surface area contributed by atoms with Crippen LogP contribution in [-0.4, -0.2) is 19.3 Å². The smallest absolute Gasteiger partial charge is 0.139 e. The molecule has 0 fully saturated rings. The molecule has 2 heterocycles. The number of hydrogen-bond donors (Lipinski definition) is 0. The molecule has 4 nitrogen and oxygen atoms in total. The van der Waals surface area contributed by atoms with Gasteiger partial charge in [-0.25, -0.2) is 9.67 Å². The molecule has 0 aliphatic heterocycles. The lowest BCUT2D eigenvalue weighted by atomic mass is 10.2. The summed E-state index contributed by atoms with van der Waals surface area (Å²) in [5.74, 6) is 0.961. The van der Waals surface area contributed by atoms with Gasteiger partial charge in [0.1, 0.15) is 5.82 Å². The first kappa shape index (κ1) is 11.7. The van der Waals surface area contributed by atoms with Gasteiger partial charge in [-0.05, 0) is 32.0 Å². The molecule has 0 N–H and O–H groups in total. The summed E-state index contributed by atoms with van der Waals surface area (Å²) in [6.07, 6.45) is 3.76. The molecule has 0 saturated heterocycles. The van der Waals surface area contributed by atoms with Crippen molar-refractivity contribution in [1.29, 1.82) is 0 Å². The number of aryl methyl sites for hydroxylation is 3. The van der Waals surface area contributed by atoms with E-state index in [4.69, 9.17) is 0 Å². The van der Waals surface area contributed by atoms with E-state index < -0.39 is 0 Å². The van der Waals surface area contributed by atoms with Gasteiger partial charge in [0, 0.05) is 30.7 Å². The second-order valence-corrected chi connectivity index (χ2v) is 4.75. The molecule has 0 amide bonds. The van der Waals surface area contributed by atoms with Crippen LogP contribution in [0, 0.1) is 13.8 Å². The Morgan fingerprint density at radius 1 is 1.11 bits per heavy atom. The lowest BCUT2D eigenvalue weighted by Crippen LogP contribution is -2.00. The van der Waals surface area contributed by atoms with Gasteiger partial charge < -0.3 is 4.57 Å². The highest BCUT2D eigenvalue weighted by atomic mass is 15.3. The van der Waals surface area contributed by atoms with Crippen LogP contribution in [0.2, 0.25) is 0 Å². The molecule has 0 saturated carbocycles. The van der Waals surface area contributed by atoms with Crippen LogP contribution < -0.4 is 0 Å². The van der Waals surface area contributed by atoms with Crippen LogP contribution in [-0.2, 0) is 7.05 Å². The van der Waals surface area contributed by atoms with Crippen molar-refractivity contribution in [3.8, 4) is 17.1 Å². The van der Waals surface area contributed by atoms with Crippen molar-refractivity contribution in [1.82, 2.24) is 19.3 Å². The van der Waals surface area contributed by atoms with E-state index >= 15 is 0 Å². The Labute approximate surface area is 112 Å². The Morgan fingerprint density at radius 3 is 2.58 bits per heavy atom. The molecule has 0 radical (unpaired) electrons. The molecule has 3 rings (SSSR count). The molecule has 0 spiro atoms. The van der Waals surface area contributed by atoms with Gasteiger partial charge in [-0.15, -0.1) is 0 Å². The van der Waals surface area contributed by atoms with Crippen molar-refractivity contribution >= 4 is 0 Å². The maximum atomic E-state index is 4.51. The summed E-state index contributed by atoms with van der Waals surface area (Å²) in [4.78, 5) is 4.38. The van der Waals surface area contributed by atoms with E-state index in [0.717, 1.165) is 28.5 Å². The largest absolute Gasteiger partial charge is 0.334 e. The number of benzene rings is 1. The highest BCUT2D eigenvalue weighted by Gasteiger charge is 2.07. The fraction of sp³-hybridized carbons (Fsp3) is 0.200. The van der Waals surface area contributed by atoms with E-state index in [1.165, 1.54) is 0 Å². The minimum atomic E-state index is 0.961. The van der Waals surface area contributed by atoms with Crippen LogP contribution >= 0.6 is 0 Å². The molecule has 0 aliphatic carbocycles. The zero-order valence-electron chi connectivity index (χ0n) is 11.3. The number of nitrogens with zero attached hydrogens (tertiary/aromatic N) is 4. The van der Waals surface area contributed by atoms with Gasteiger partial charge in [-0.2, -0.15) is 5.10 Å². The monoisotopic (exact) mass is 252 g/mol. The quantitative estimate of drug-likeness (QED) is 0.703. The number of rotatable bonds is 2. The van der Waals surface area contributed by atoms with E-state index in [0.29, 0.717) is 0 Å². The minimum Gasteiger partial charge on any atom is -0.334 e. The third kappa shape index (κ3) is 2.05. The van der Waals surface area contributed by atoms with E-state index in [1.54, 1.807) is 0 Å². The van der Waals surface area contributed by atoms with Gasteiger partial charge in [-0.1, -0.05) is 12.1 Å². The van der Waals surface area contributed by atoms with Crippen LogP contribution in [0.3, 0.4) is 0 Å². The third-order valence-corrected chi connectivity index (χ3v) is 3.18. The molecule has 3 aromatic rings. The van der Waals surface area contributed by atoms with E-state index in [1.807, 2.05) is 41.7 Å². The standard InChI is InChI=1S/C15H16N4/c1-11-9-12(2)19(17-11)14-6-4-5-13(10-14)15-16-7-8-18(15)3/h4-10H,1-3H3. The van der Waals surface area contributed by atoms with Crippen molar-refractivity contribution in [2.45, 2.75) is 13.8 Å². The summed E-state index contributed by atoms with van der Waals surface area (Å²) < 4.78 is 3.97. The summed E-state index contributed by atoms with van der Waals surface area (Å²) >= 11 is 0. The maximum Gasteiger partial charge on any atom is 0.139 e. The summed E-state index contributed by atoms with van der Waals surface area (Å²) in [5, 5.41) is 4.51. The number of aromatic nitrogens is 4. The van der Waals surface area contributed by atoms with Crippen LogP contribution in [0.25, 0.3) is 17.1 Å². The van der Waals surface area contributed by atoms with Crippen molar-refractivity contribution in [2.75, 3.05) is 0 Å². The van der Waals surface area contributed by atoms with Gasteiger partial charge >= 0.3 is 0 Å². The van der Waals surface area contributed by atoms with Gasteiger partial charge in [0.2, 0.25) is 0 Å². The Bertz CT molecular complexity index is 721. The molecule has 2 aromatic heterocycles. The molecular formula is C15H16N4. The summed E-state index contributed by atoms with van der Waals surface area (Å²) in [5.41, 5.74) is 4.32. The summed E-state index contributed by atoms with van der Waals surface area (Å²) in [6.45, 7) is 4.07. The van der Waals surface area contributed by atoms with E-state index in [2.05, 4.69) is 41.3 Å². The molecular weight excluding hydrogens is 236 g/mol. The molecule has 0 atom stereocenters. The minimum absolute atomic E-state index is 0.961. The van der Waals surface area contributed by atoms with Crippen LogP contribution in [0.1, 0.15) is 11.4 Å². The Balaban J connectivity index is 2.10. The molecule has 1 aromatic carbocycles. The topological polar surface area (TPSA) is 35.6 Å². The highest BCUT2D eigenvalue weighted by Crippen LogP contribution is 2.21. The lowest BCUT2D eigenvalue weighted by molar-refractivity contribution is 0.833. The van der Waals surface area contributed by atoms with Crippen LogP contribution in [0.4, 0.5) is 0 Å². The zero-order chi connectivity index (χ0) is 13.4. The Morgan fingerprint density at radius 2 is 1.95 bits per heavy atom. The zero-order valence-corrected chi connectivity index (χ0v) is 11.3.